The first kappa shape index (κ1) is 15.1. The number of pyridine rings is 2. The molecule has 1 unspecified atom stereocenters. The number of nitrogens with zero attached hydrogens (tertiary/aromatic N) is 2. The van der Waals surface area contributed by atoms with E-state index in [0.717, 1.165) is 11.1 Å². The minimum Gasteiger partial charge on any atom is -0.383 e. The Morgan fingerprint density at radius 3 is 2.81 bits per heavy atom. The van der Waals surface area contributed by atoms with Gasteiger partial charge < -0.3 is 15.6 Å². The largest absolute Gasteiger partial charge is 0.383 e. The molecule has 2 aromatic rings. The van der Waals surface area contributed by atoms with E-state index < -0.39 is 11.1 Å². The average molecular weight is 306 g/mol. The smallest absolute Gasteiger partial charge is 0.222 e. The standard InChI is InChI=1S/C13H14N4O3S/c1-8(18)17-12-5-9(2-3-15-12)10-4-11(7-21(19)20)13(14)16-6-10/h2-6H,7H2,1H3,(H2,14,16)(H,19,20)(H,15,17,18). The van der Waals surface area contributed by atoms with Crippen molar-refractivity contribution in [3.8, 4) is 11.1 Å². The zero-order chi connectivity index (χ0) is 15.4. The van der Waals surface area contributed by atoms with Crippen LogP contribution in [-0.2, 0) is 21.6 Å². The van der Waals surface area contributed by atoms with Gasteiger partial charge in [-0.3, -0.25) is 4.79 Å². The number of nitrogen functional groups attached to an aromatic ring is 1. The molecule has 0 aliphatic heterocycles. The van der Waals surface area contributed by atoms with Gasteiger partial charge in [0.1, 0.15) is 11.6 Å². The van der Waals surface area contributed by atoms with Crippen molar-refractivity contribution < 1.29 is 13.6 Å². The van der Waals surface area contributed by atoms with Crippen LogP contribution in [0.1, 0.15) is 12.5 Å². The Bertz CT molecular complexity index is 706. The Hall–Kier alpha value is -2.32. The third-order valence-electron chi connectivity index (χ3n) is 2.68. The maximum Gasteiger partial charge on any atom is 0.222 e. The fraction of sp³-hybridized carbons (Fsp3) is 0.154. The normalized spacial score (nSPS) is 11.9. The van der Waals surface area contributed by atoms with Crippen molar-refractivity contribution in [2.45, 2.75) is 12.7 Å². The highest BCUT2D eigenvalue weighted by Gasteiger charge is 2.08. The summed E-state index contributed by atoms with van der Waals surface area (Å²) < 4.78 is 19.9. The SMILES string of the molecule is CC(=O)Nc1cc(-c2cnc(N)c(CS(=O)O)c2)ccn1. The molecule has 0 spiro atoms. The van der Waals surface area contributed by atoms with Gasteiger partial charge in [0.25, 0.3) is 0 Å². The minimum atomic E-state index is -1.99. The van der Waals surface area contributed by atoms with E-state index in [1.54, 1.807) is 30.6 Å². The lowest BCUT2D eigenvalue weighted by Gasteiger charge is -2.08. The van der Waals surface area contributed by atoms with E-state index in [1.807, 2.05) is 0 Å². The molecule has 21 heavy (non-hydrogen) atoms. The van der Waals surface area contributed by atoms with Gasteiger partial charge in [0.05, 0.1) is 5.75 Å². The molecule has 0 saturated carbocycles. The molecule has 0 aliphatic carbocycles. The highest BCUT2D eigenvalue weighted by molar-refractivity contribution is 7.78. The van der Waals surface area contributed by atoms with Crippen LogP contribution in [0.2, 0.25) is 0 Å². The highest BCUT2D eigenvalue weighted by atomic mass is 32.2. The van der Waals surface area contributed by atoms with Crippen LogP contribution in [0.3, 0.4) is 0 Å². The average Bonchev–Trinajstić information content (AvgIpc) is 2.40. The molecule has 1 amide bonds. The number of hydrogen-bond donors (Lipinski definition) is 3. The topological polar surface area (TPSA) is 118 Å². The fourth-order valence-electron chi connectivity index (χ4n) is 1.79. The fourth-order valence-corrected chi connectivity index (χ4v) is 2.28. The number of rotatable bonds is 4. The molecule has 0 radical (unpaired) electrons. The summed E-state index contributed by atoms with van der Waals surface area (Å²) in [5, 5.41) is 2.59. The first-order chi connectivity index (χ1) is 9.95. The van der Waals surface area contributed by atoms with E-state index in [-0.39, 0.29) is 17.5 Å². The molecule has 2 rings (SSSR count). The lowest BCUT2D eigenvalue weighted by molar-refractivity contribution is -0.114. The monoisotopic (exact) mass is 306 g/mol. The number of amides is 1. The predicted octanol–water partition coefficient (Wildman–Crippen LogP) is 1.41. The summed E-state index contributed by atoms with van der Waals surface area (Å²) in [6.07, 6.45) is 3.12. The maximum absolute atomic E-state index is 11.0. The van der Waals surface area contributed by atoms with Crippen LogP contribution in [0.4, 0.5) is 11.6 Å². The Kier molecular flexibility index (Phi) is 4.61. The zero-order valence-electron chi connectivity index (χ0n) is 11.2. The molecular weight excluding hydrogens is 292 g/mol. The van der Waals surface area contributed by atoms with E-state index in [4.69, 9.17) is 10.3 Å². The van der Waals surface area contributed by atoms with Crippen LogP contribution in [0, 0.1) is 0 Å². The molecule has 0 fully saturated rings. The van der Waals surface area contributed by atoms with E-state index in [2.05, 4.69) is 15.3 Å². The number of hydrogen-bond acceptors (Lipinski definition) is 5. The summed E-state index contributed by atoms with van der Waals surface area (Å²) in [5.41, 5.74) is 7.67. The molecule has 2 aromatic heterocycles. The van der Waals surface area contributed by atoms with Crippen LogP contribution < -0.4 is 11.1 Å². The molecule has 0 saturated heterocycles. The minimum absolute atomic E-state index is 0.0870. The molecular formula is C13H14N4O3S. The molecule has 0 bridgehead atoms. The van der Waals surface area contributed by atoms with Crippen LogP contribution in [0.15, 0.2) is 30.6 Å². The van der Waals surface area contributed by atoms with Crippen molar-refractivity contribution in [3.63, 3.8) is 0 Å². The van der Waals surface area contributed by atoms with Crippen molar-refractivity contribution in [1.29, 1.82) is 0 Å². The number of nitrogens with two attached hydrogens (primary N) is 1. The zero-order valence-corrected chi connectivity index (χ0v) is 12.1. The molecule has 4 N–H and O–H groups in total. The van der Waals surface area contributed by atoms with E-state index in [1.165, 1.54) is 6.92 Å². The van der Waals surface area contributed by atoms with Crippen LogP contribution in [0.5, 0.6) is 0 Å². The number of anilines is 2. The molecule has 8 heteroatoms. The van der Waals surface area contributed by atoms with Crippen molar-refractivity contribution in [1.82, 2.24) is 9.97 Å². The van der Waals surface area contributed by atoms with Gasteiger partial charge in [0, 0.05) is 30.4 Å². The predicted molar refractivity (Wildman–Crippen MR) is 80.7 cm³/mol. The summed E-state index contributed by atoms with van der Waals surface area (Å²) in [6.45, 7) is 1.40. The lowest BCUT2D eigenvalue weighted by atomic mass is 10.1. The maximum atomic E-state index is 11.0. The number of carbonyl (C=O) groups is 1. The summed E-state index contributed by atoms with van der Waals surface area (Å²) >= 11 is -1.99. The van der Waals surface area contributed by atoms with E-state index >= 15 is 0 Å². The van der Waals surface area contributed by atoms with Gasteiger partial charge in [-0.15, -0.1) is 0 Å². The van der Waals surface area contributed by atoms with Gasteiger partial charge in [-0.2, -0.15) is 0 Å². The first-order valence-electron chi connectivity index (χ1n) is 6.01. The molecule has 1 atom stereocenters. The second-order valence-corrected chi connectivity index (χ2v) is 5.28. The third kappa shape index (κ3) is 4.07. The number of carbonyl (C=O) groups excluding carboxylic acids is 1. The summed E-state index contributed by atoms with van der Waals surface area (Å²) in [7, 11) is 0. The Labute approximate surface area is 123 Å². The second-order valence-electron chi connectivity index (χ2n) is 4.35. The molecule has 2 heterocycles. The van der Waals surface area contributed by atoms with Crippen molar-refractivity contribution in [2.75, 3.05) is 11.1 Å². The lowest BCUT2D eigenvalue weighted by Crippen LogP contribution is -2.07. The Morgan fingerprint density at radius 1 is 1.38 bits per heavy atom. The molecule has 7 nitrogen and oxygen atoms in total. The van der Waals surface area contributed by atoms with Crippen molar-refractivity contribution >= 4 is 28.6 Å². The molecule has 110 valence electrons. The van der Waals surface area contributed by atoms with Gasteiger partial charge >= 0.3 is 0 Å². The quantitative estimate of drug-likeness (QED) is 0.735. The van der Waals surface area contributed by atoms with Crippen molar-refractivity contribution in [2.24, 2.45) is 0 Å². The molecule has 0 aromatic carbocycles. The van der Waals surface area contributed by atoms with Crippen LogP contribution in [0.25, 0.3) is 11.1 Å². The van der Waals surface area contributed by atoms with Gasteiger partial charge in [-0.05, 0) is 23.8 Å². The van der Waals surface area contributed by atoms with Crippen LogP contribution >= 0.6 is 0 Å². The van der Waals surface area contributed by atoms with Gasteiger partial charge in [0.2, 0.25) is 5.91 Å². The Balaban J connectivity index is 2.37. The second kappa shape index (κ2) is 6.42. The molecule has 0 aliphatic rings. The van der Waals surface area contributed by atoms with Gasteiger partial charge in [-0.25, -0.2) is 14.2 Å². The third-order valence-corrected chi connectivity index (χ3v) is 3.24. The van der Waals surface area contributed by atoms with E-state index in [0.29, 0.717) is 11.4 Å². The summed E-state index contributed by atoms with van der Waals surface area (Å²) in [5.74, 6) is 0.337. The van der Waals surface area contributed by atoms with Crippen molar-refractivity contribution in [3.05, 3.63) is 36.2 Å². The summed E-state index contributed by atoms with van der Waals surface area (Å²) in [4.78, 5) is 19.1. The number of nitrogens with one attached hydrogen (secondary N) is 1. The Morgan fingerprint density at radius 2 is 2.14 bits per heavy atom. The summed E-state index contributed by atoms with van der Waals surface area (Å²) in [6, 6.07) is 5.13. The van der Waals surface area contributed by atoms with E-state index in [9.17, 15) is 9.00 Å². The highest BCUT2D eigenvalue weighted by Crippen LogP contribution is 2.24. The van der Waals surface area contributed by atoms with Gasteiger partial charge in [-0.1, -0.05) is 0 Å². The van der Waals surface area contributed by atoms with Crippen LogP contribution in [-0.4, -0.2) is 24.6 Å². The van der Waals surface area contributed by atoms with Gasteiger partial charge in [0.15, 0.2) is 11.1 Å². The number of aromatic nitrogens is 2. The first-order valence-corrected chi connectivity index (χ1v) is 7.29.